The fraction of sp³-hybridized carbons (Fsp3) is 0.227. The molecule has 1 fully saturated rings. The number of H-pyrrole nitrogens is 1. The molecule has 4 aromatic heterocycles. The third-order valence-corrected chi connectivity index (χ3v) is 5.88. The largest absolute Gasteiger partial charge is 0.344 e. The lowest BCUT2D eigenvalue weighted by Crippen LogP contribution is -2.33. The average molecular weight is 465 g/mol. The number of hydrogen-bond acceptors (Lipinski definition) is 6. The number of aryl methyl sites for hydroxylation is 1. The van der Waals surface area contributed by atoms with Crippen molar-refractivity contribution in [2.24, 2.45) is 0 Å². The Hall–Kier alpha value is -3.73. The first kappa shape index (κ1) is 21.1. The number of nitrogens with one attached hydrogen (secondary N) is 1. The van der Waals surface area contributed by atoms with E-state index in [-0.39, 0.29) is 25.1 Å². The Morgan fingerprint density at radius 2 is 1.97 bits per heavy atom. The number of nitrogens with zero attached hydrogens (tertiary/aromatic N) is 7. The lowest BCUT2D eigenvalue weighted by molar-refractivity contribution is 0.593. The number of rotatable bonds is 3. The van der Waals surface area contributed by atoms with Gasteiger partial charge in [0.15, 0.2) is 28.6 Å². The molecule has 0 saturated carbocycles. The molecule has 9 nitrogen and oxygen atoms in total. The van der Waals surface area contributed by atoms with Crippen LogP contribution in [0.15, 0.2) is 53.7 Å². The van der Waals surface area contributed by atoms with Crippen LogP contribution in [0.3, 0.4) is 0 Å². The van der Waals surface area contributed by atoms with Gasteiger partial charge in [0.2, 0.25) is 0 Å². The first-order chi connectivity index (χ1) is 15.6. The van der Waals surface area contributed by atoms with E-state index in [2.05, 4.69) is 24.8 Å². The number of benzene rings is 1. The smallest absolute Gasteiger partial charge is 0.285 e. The summed E-state index contributed by atoms with van der Waals surface area (Å²) in [5.74, 6) is 1.28. The Labute approximate surface area is 194 Å². The Balaban J connectivity index is 0.00000228. The van der Waals surface area contributed by atoms with Crippen LogP contribution in [0.4, 0.5) is 10.2 Å². The summed E-state index contributed by atoms with van der Waals surface area (Å²) in [6.45, 7) is 2.56. The molecule has 0 radical (unpaired) electrons. The highest BCUT2D eigenvalue weighted by Gasteiger charge is 2.34. The van der Waals surface area contributed by atoms with E-state index in [0.29, 0.717) is 23.0 Å². The molecule has 0 bridgehead atoms. The first-order valence-corrected chi connectivity index (χ1v) is 10.4. The predicted molar refractivity (Wildman–Crippen MR) is 127 cm³/mol. The number of fused-ring (bicyclic) bond motifs is 2. The van der Waals surface area contributed by atoms with Gasteiger partial charge in [-0.1, -0.05) is 18.2 Å². The third kappa shape index (κ3) is 3.27. The Bertz CT molecular complexity index is 1530. The second-order valence-electron chi connectivity index (χ2n) is 7.84. The van der Waals surface area contributed by atoms with Crippen molar-refractivity contribution in [1.82, 2.24) is 34.1 Å². The quantitative estimate of drug-likeness (QED) is 0.441. The topological polar surface area (TPSA) is 97.0 Å². The molecule has 11 heteroatoms. The second-order valence-corrected chi connectivity index (χ2v) is 7.84. The molecule has 0 aliphatic carbocycles. The normalized spacial score (nSPS) is 15.9. The molecule has 168 valence electrons. The van der Waals surface area contributed by atoms with E-state index in [1.165, 1.54) is 21.3 Å². The van der Waals surface area contributed by atoms with Crippen molar-refractivity contribution in [1.29, 1.82) is 0 Å². The van der Waals surface area contributed by atoms with Crippen molar-refractivity contribution in [3.05, 3.63) is 76.7 Å². The number of aromatic nitrogens is 7. The van der Waals surface area contributed by atoms with Crippen LogP contribution in [-0.2, 0) is 0 Å². The van der Waals surface area contributed by atoms with Gasteiger partial charge >= 0.3 is 0 Å². The number of aromatic amines is 1. The van der Waals surface area contributed by atoms with Crippen LogP contribution in [0, 0.1) is 12.7 Å². The number of para-hydroxylation sites is 1. The van der Waals surface area contributed by atoms with Crippen molar-refractivity contribution < 1.29 is 4.39 Å². The number of hydrogen-bond donors (Lipinski definition) is 1. The van der Waals surface area contributed by atoms with Gasteiger partial charge in [-0.25, -0.2) is 23.9 Å². The van der Waals surface area contributed by atoms with Crippen molar-refractivity contribution in [3.8, 4) is 5.69 Å². The fourth-order valence-electron chi connectivity index (χ4n) is 4.51. The number of imidazole rings is 1. The Kier molecular flexibility index (Phi) is 5.12. The monoisotopic (exact) mass is 464 g/mol. The van der Waals surface area contributed by atoms with Crippen molar-refractivity contribution >= 4 is 36.0 Å². The van der Waals surface area contributed by atoms with Crippen molar-refractivity contribution in [2.45, 2.75) is 25.8 Å². The molecule has 0 amide bonds. The molecule has 5 aromatic rings. The maximum Gasteiger partial charge on any atom is 0.285 e. The zero-order chi connectivity index (χ0) is 21.8. The summed E-state index contributed by atoms with van der Waals surface area (Å²) in [6, 6.07) is 10.2. The summed E-state index contributed by atoms with van der Waals surface area (Å²) in [7, 11) is 0. The molecule has 1 aromatic carbocycles. The molecule has 1 N–H and O–H groups in total. The molecule has 33 heavy (non-hydrogen) atoms. The minimum Gasteiger partial charge on any atom is -0.344 e. The van der Waals surface area contributed by atoms with Gasteiger partial charge < -0.3 is 9.88 Å². The second kappa shape index (κ2) is 8.00. The number of halogens is 1. The summed E-state index contributed by atoms with van der Waals surface area (Å²) in [4.78, 5) is 32.1. The van der Waals surface area contributed by atoms with Gasteiger partial charge in [0.05, 0.1) is 18.1 Å². The van der Waals surface area contributed by atoms with Crippen molar-refractivity contribution in [3.63, 3.8) is 0 Å². The third-order valence-electron chi connectivity index (χ3n) is 5.88. The molecule has 1 saturated heterocycles. The molecule has 6 rings (SSSR count). The average Bonchev–Trinajstić information content (AvgIpc) is 3.53. The zero-order valence-corrected chi connectivity index (χ0v) is 18.7. The highest BCUT2D eigenvalue weighted by molar-refractivity contribution is 7.59. The van der Waals surface area contributed by atoms with Gasteiger partial charge in [0.1, 0.15) is 11.3 Å². The van der Waals surface area contributed by atoms with Crippen LogP contribution in [0.5, 0.6) is 0 Å². The maximum absolute atomic E-state index is 14.4. The van der Waals surface area contributed by atoms with Gasteiger partial charge in [-0.15, -0.1) is 0 Å². The van der Waals surface area contributed by atoms with E-state index in [4.69, 9.17) is 5.10 Å². The van der Waals surface area contributed by atoms with Crippen LogP contribution in [0.2, 0.25) is 0 Å². The minimum absolute atomic E-state index is 0. The molecule has 5 heterocycles. The summed E-state index contributed by atoms with van der Waals surface area (Å²) in [5, 5.41) is 4.71. The Morgan fingerprint density at radius 3 is 2.79 bits per heavy atom. The zero-order valence-electron chi connectivity index (χ0n) is 17.7. The maximum atomic E-state index is 14.4. The van der Waals surface area contributed by atoms with Crippen molar-refractivity contribution in [2.75, 3.05) is 11.4 Å². The first-order valence-electron chi connectivity index (χ1n) is 10.4. The molecular weight excluding hydrogens is 443 g/mol. The molecule has 1 aliphatic heterocycles. The van der Waals surface area contributed by atoms with Gasteiger partial charge in [-0.05, 0) is 38.0 Å². The van der Waals surface area contributed by atoms with E-state index < -0.39 is 11.4 Å². The van der Waals surface area contributed by atoms with Crippen LogP contribution in [0.25, 0.3) is 22.4 Å². The summed E-state index contributed by atoms with van der Waals surface area (Å²) >= 11 is 0. The Morgan fingerprint density at radius 1 is 1.15 bits per heavy atom. The van der Waals surface area contributed by atoms with Gasteiger partial charge in [0.25, 0.3) is 5.56 Å². The molecule has 1 atom stereocenters. The molecule has 1 aliphatic rings. The van der Waals surface area contributed by atoms with E-state index in [9.17, 15) is 9.18 Å². The highest BCUT2D eigenvalue weighted by atomic mass is 32.1. The van der Waals surface area contributed by atoms with Crippen LogP contribution in [0.1, 0.15) is 30.5 Å². The summed E-state index contributed by atoms with van der Waals surface area (Å²) in [5.41, 5.74) is 1.45. The number of anilines is 1. The standard InChI is InChI=1S/C22H19FN8O.H2S/c1-13-26-19-17(24-12-25-19)21(27-13)29-10-5-8-16(29)20-28-30-11-9-15(23)18(30)22(32)31(20)14-6-3-2-4-7-14;/h2-4,6-7,9,11-12,16H,5,8,10H2,1H3,(H,24,25,26,27);1H2/t16-;/m0./s1. The molecule has 0 unspecified atom stereocenters. The summed E-state index contributed by atoms with van der Waals surface area (Å²) in [6.07, 6.45) is 4.74. The van der Waals surface area contributed by atoms with E-state index in [0.717, 1.165) is 30.7 Å². The van der Waals surface area contributed by atoms with Crippen LogP contribution in [-0.4, -0.2) is 40.7 Å². The van der Waals surface area contributed by atoms with Gasteiger partial charge in [-0.2, -0.15) is 18.6 Å². The summed E-state index contributed by atoms with van der Waals surface area (Å²) < 4.78 is 17.3. The highest BCUT2D eigenvalue weighted by Crippen LogP contribution is 2.37. The van der Waals surface area contributed by atoms with E-state index in [1.54, 1.807) is 6.33 Å². The lowest BCUT2D eigenvalue weighted by Gasteiger charge is -2.27. The van der Waals surface area contributed by atoms with Crippen LogP contribution >= 0.6 is 13.5 Å². The lowest BCUT2D eigenvalue weighted by atomic mass is 10.2. The van der Waals surface area contributed by atoms with E-state index >= 15 is 0 Å². The van der Waals surface area contributed by atoms with Crippen LogP contribution < -0.4 is 10.5 Å². The van der Waals surface area contributed by atoms with Gasteiger partial charge in [0, 0.05) is 12.7 Å². The SMILES string of the molecule is Cc1nc(N2CCC[C@H]2c2nn3ccc(F)c3c(=O)n2-c2ccccc2)c2[nH]cnc2n1.S. The molecule has 0 spiro atoms. The fourth-order valence-corrected chi connectivity index (χ4v) is 4.51. The predicted octanol–water partition coefficient (Wildman–Crippen LogP) is 3.05. The minimum atomic E-state index is -0.590. The van der Waals surface area contributed by atoms with Gasteiger partial charge in [-0.3, -0.25) is 9.36 Å². The molecular formula is C22H21FN8OS. The van der Waals surface area contributed by atoms with E-state index in [1.807, 2.05) is 37.3 Å².